The minimum atomic E-state index is -0.861. The summed E-state index contributed by atoms with van der Waals surface area (Å²) >= 11 is 0. The van der Waals surface area contributed by atoms with Crippen molar-refractivity contribution in [2.75, 3.05) is 29.9 Å². The molecule has 0 aromatic carbocycles. The Morgan fingerprint density at radius 1 is 1.26 bits per heavy atom. The summed E-state index contributed by atoms with van der Waals surface area (Å²) in [5.41, 5.74) is 1.13. The van der Waals surface area contributed by atoms with Crippen LogP contribution in [0, 0.1) is 5.82 Å². The number of carboxylic acids is 1. The van der Waals surface area contributed by atoms with Gasteiger partial charge in [0.15, 0.2) is 5.82 Å². The van der Waals surface area contributed by atoms with Gasteiger partial charge in [-0.1, -0.05) is 0 Å². The highest BCUT2D eigenvalue weighted by atomic mass is 19.1. The molecule has 10 heteroatoms. The highest BCUT2D eigenvalue weighted by Gasteiger charge is 2.32. The van der Waals surface area contributed by atoms with Crippen molar-refractivity contribution in [1.29, 1.82) is 0 Å². The van der Waals surface area contributed by atoms with Crippen molar-refractivity contribution in [3.63, 3.8) is 0 Å². The van der Waals surface area contributed by atoms with Gasteiger partial charge in [0, 0.05) is 31.4 Å². The average molecular weight is 425 g/mol. The second kappa shape index (κ2) is 8.10. The Kier molecular flexibility index (Phi) is 5.14. The van der Waals surface area contributed by atoms with E-state index in [1.807, 2.05) is 11.0 Å². The van der Waals surface area contributed by atoms with Crippen molar-refractivity contribution < 1.29 is 14.3 Å². The van der Waals surface area contributed by atoms with E-state index in [1.165, 1.54) is 12.3 Å². The third-order valence-corrected chi connectivity index (χ3v) is 5.89. The number of carboxylic acid groups (broad SMARTS) is 1. The molecule has 2 fully saturated rings. The number of nitrogens with zero attached hydrogens (tertiary/aromatic N) is 5. The maximum atomic E-state index is 13.9. The van der Waals surface area contributed by atoms with Gasteiger partial charge in [0.1, 0.15) is 34.8 Å². The van der Waals surface area contributed by atoms with E-state index < -0.39 is 12.0 Å². The first-order valence-electron chi connectivity index (χ1n) is 10.6. The molecule has 9 nitrogen and oxygen atoms in total. The van der Waals surface area contributed by atoms with Gasteiger partial charge in [0.05, 0.1) is 6.20 Å². The van der Waals surface area contributed by atoms with Gasteiger partial charge in [-0.3, -0.25) is 4.40 Å². The Morgan fingerprint density at radius 2 is 2.16 bits per heavy atom. The van der Waals surface area contributed by atoms with Gasteiger partial charge < -0.3 is 20.6 Å². The summed E-state index contributed by atoms with van der Waals surface area (Å²) in [6.07, 6.45) is 6.41. The molecule has 2 unspecified atom stereocenters. The fourth-order valence-corrected chi connectivity index (χ4v) is 4.37. The summed E-state index contributed by atoms with van der Waals surface area (Å²) in [7, 11) is 0. The number of hydrogen-bond acceptors (Lipinski definition) is 7. The van der Waals surface area contributed by atoms with E-state index in [1.54, 1.807) is 16.7 Å². The topological polar surface area (TPSA) is 108 Å². The third-order valence-electron chi connectivity index (χ3n) is 5.89. The highest BCUT2D eigenvalue weighted by molar-refractivity contribution is 5.79. The summed E-state index contributed by atoms with van der Waals surface area (Å²) < 4.78 is 15.5. The van der Waals surface area contributed by atoms with Crippen LogP contribution in [0.2, 0.25) is 0 Å². The SMILES string of the molecule is O=C(O)C1CCCN1c1cc(NC2CCCNC2)nc(-c2cnc3ccc(F)cn23)n1. The van der Waals surface area contributed by atoms with Crippen molar-refractivity contribution in [2.45, 2.75) is 37.8 Å². The van der Waals surface area contributed by atoms with Crippen LogP contribution in [-0.4, -0.2) is 62.1 Å². The Bertz CT molecular complexity index is 1110. The Labute approximate surface area is 178 Å². The fourth-order valence-electron chi connectivity index (χ4n) is 4.37. The molecule has 0 radical (unpaired) electrons. The molecule has 5 heterocycles. The average Bonchev–Trinajstić information content (AvgIpc) is 3.41. The second-order valence-electron chi connectivity index (χ2n) is 8.03. The van der Waals surface area contributed by atoms with Crippen LogP contribution in [0.15, 0.2) is 30.6 Å². The van der Waals surface area contributed by atoms with E-state index in [4.69, 9.17) is 0 Å². The zero-order chi connectivity index (χ0) is 21.4. The molecule has 3 N–H and O–H groups in total. The molecule has 2 saturated heterocycles. The number of aliphatic carboxylic acids is 1. The van der Waals surface area contributed by atoms with E-state index >= 15 is 0 Å². The van der Waals surface area contributed by atoms with Crippen LogP contribution in [-0.2, 0) is 4.79 Å². The number of aromatic nitrogens is 4. The first-order chi connectivity index (χ1) is 15.1. The van der Waals surface area contributed by atoms with Crippen molar-refractivity contribution in [2.24, 2.45) is 0 Å². The first kappa shape index (κ1) is 19.7. The Morgan fingerprint density at radius 3 is 2.97 bits per heavy atom. The molecule has 2 aliphatic heterocycles. The van der Waals surface area contributed by atoms with Gasteiger partial charge in [0.2, 0.25) is 0 Å². The molecule has 5 rings (SSSR count). The van der Waals surface area contributed by atoms with Crippen LogP contribution in [0.5, 0.6) is 0 Å². The van der Waals surface area contributed by atoms with Gasteiger partial charge in [-0.2, -0.15) is 0 Å². The monoisotopic (exact) mass is 425 g/mol. The number of imidazole rings is 1. The third kappa shape index (κ3) is 3.90. The van der Waals surface area contributed by atoms with Crippen LogP contribution in [0.25, 0.3) is 17.2 Å². The van der Waals surface area contributed by atoms with Crippen molar-refractivity contribution in [1.82, 2.24) is 24.7 Å². The zero-order valence-electron chi connectivity index (χ0n) is 17.0. The number of anilines is 2. The van der Waals surface area contributed by atoms with Gasteiger partial charge in [-0.15, -0.1) is 0 Å². The van der Waals surface area contributed by atoms with Crippen LogP contribution in [0.4, 0.5) is 16.0 Å². The van der Waals surface area contributed by atoms with E-state index in [0.717, 1.165) is 32.4 Å². The molecular weight excluding hydrogens is 401 g/mol. The lowest BCUT2D eigenvalue weighted by atomic mass is 10.1. The molecule has 0 saturated carbocycles. The molecule has 31 heavy (non-hydrogen) atoms. The van der Waals surface area contributed by atoms with Crippen LogP contribution in [0.1, 0.15) is 25.7 Å². The van der Waals surface area contributed by atoms with Crippen LogP contribution in [0.3, 0.4) is 0 Å². The van der Waals surface area contributed by atoms with E-state index in [0.29, 0.717) is 41.8 Å². The summed E-state index contributed by atoms with van der Waals surface area (Å²) in [4.78, 5) is 27.2. The molecular formula is C21H24FN7O2. The van der Waals surface area contributed by atoms with Gasteiger partial charge >= 0.3 is 5.97 Å². The standard InChI is InChI=1S/C21H24FN7O2/c22-13-5-6-18-24-11-16(29(18)12-13)20-26-17(25-14-3-1-7-23-10-14)9-19(27-20)28-8-2-4-15(28)21(30)31/h5-6,9,11-12,14-15,23H,1-4,7-8,10H2,(H,30,31)(H,25,26,27). The van der Waals surface area contributed by atoms with E-state index in [-0.39, 0.29) is 11.9 Å². The molecule has 0 amide bonds. The Balaban J connectivity index is 1.58. The quantitative estimate of drug-likeness (QED) is 0.571. The lowest BCUT2D eigenvalue weighted by Gasteiger charge is -2.26. The minimum Gasteiger partial charge on any atom is -0.480 e. The van der Waals surface area contributed by atoms with Gasteiger partial charge in [0.25, 0.3) is 0 Å². The number of fused-ring (bicyclic) bond motifs is 1. The number of piperidine rings is 1. The van der Waals surface area contributed by atoms with E-state index in [9.17, 15) is 14.3 Å². The predicted molar refractivity (Wildman–Crippen MR) is 114 cm³/mol. The zero-order valence-corrected chi connectivity index (χ0v) is 17.0. The largest absolute Gasteiger partial charge is 0.480 e. The predicted octanol–water partition coefficient (Wildman–Crippen LogP) is 2.15. The molecule has 2 aliphatic rings. The smallest absolute Gasteiger partial charge is 0.326 e. The molecule has 0 bridgehead atoms. The number of nitrogens with one attached hydrogen (secondary N) is 2. The number of rotatable bonds is 5. The van der Waals surface area contributed by atoms with Crippen LogP contribution >= 0.6 is 0 Å². The second-order valence-corrected chi connectivity index (χ2v) is 8.03. The lowest BCUT2D eigenvalue weighted by molar-refractivity contribution is -0.138. The molecule has 3 aromatic heterocycles. The van der Waals surface area contributed by atoms with Gasteiger partial charge in [-0.25, -0.2) is 24.1 Å². The highest BCUT2D eigenvalue weighted by Crippen LogP contribution is 2.29. The summed E-state index contributed by atoms with van der Waals surface area (Å²) in [6, 6.07) is 4.36. The number of halogens is 1. The van der Waals surface area contributed by atoms with Crippen molar-refractivity contribution in [3.05, 3.63) is 36.4 Å². The molecule has 0 spiro atoms. The summed E-state index contributed by atoms with van der Waals surface area (Å²) in [5.74, 6) is 0.294. The maximum absolute atomic E-state index is 13.9. The Hall–Kier alpha value is -3.27. The molecule has 162 valence electrons. The van der Waals surface area contributed by atoms with Crippen molar-refractivity contribution in [3.8, 4) is 11.5 Å². The molecule has 3 aromatic rings. The molecule has 2 atom stereocenters. The van der Waals surface area contributed by atoms with Crippen LogP contribution < -0.4 is 15.5 Å². The summed E-state index contributed by atoms with van der Waals surface area (Å²) in [6.45, 7) is 2.44. The van der Waals surface area contributed by atoms with E-state index in [2.05, 4.69) is 25.6 Å². The minimum absolute atomic E-state index is 0.220. The molecule has 0 aliphatic carbocycles. The normalized spacial score (nSPS) is 21.5. The number of hydrogen-bond donors (Lipinski definition) is 3. The number of pyridine rings is 1. The fraction of sp³-hybridized carbons (Fsp3) is 0.429. The first-order valence-corrected chi connectivity index (χ1v) is 10.6. The number of carbonyl (C=O) groups is 1. The van der Waals surface area contributed by atoms with Crippen molar-refractivity contribution >= 4 is 23.3 Å². The summed E-state index contributed by atoms with van der Waals surface area (Å²) in [5, 5.41) is 16.5. The maximum Gasteiger partial charge on any atom is 0.326 e. The lowest BCUT2D eigenvalue weighted by Crippen LogP contribution is -2.39. The van der Waals surface area contributed by atoms with Gasteiger partial charge in [-0.05, 0) is 44.4 Å².